The van der Waals surface area contributed by atoms with Crippen molar-refractivity contribution in [2.75, 3.05) is 44.2 Å². The molecule has 2 aromatic carbocycles. The summed E-state index contributed by atoms with van der Waals surface area (Å²) >= 11 is 6.01. The first-order chi connectivity index (χ1) is 16.5. The number of anilines is 1. The van der Waals surface area contributed by atoms with Crippen molar-refractivity contribution in [2.24, 2.45) is 0 Å². The van der Waals surface area contributed by atoms with Crippen molar-refractivity contribution in [3.8, 4) is 0 Å². The van der Waals surface area contributed by atoms with Crippen LogP contribution in [-0.2, 0) is 0 Å². The summed E-state index contributed by atoms with van der Waals surface area (Å²) in [6.45, 7) is 4.21. The van der Waals surface area contributed by atoms with Gasteiger partial charge in [0.15, 0.2) is 0 Å². The third-order valence-electron chi connectivity index (χ3n) is 6.11. The first kappa shape index (κ1) is 22.3. The van der Waals surface area contributed by atoms with Crippen molar-refractivity contribution >= 4 is 39.7 Å². The Morgan fingerprint density at radius 2 is 1.85 bits per heavy atom. The summed E-state index contributed by atoms with van der Waals surface area (Å²) in [5.74, 6) is -0.459. The zero-order chi connectivity index (χ0) is 23.7. The number of hydrogen-bond donors (Lipinski definition) is 1. The minimum absolute atomic E-state index is 0.204. The summed E-state index contributed by atoms with van der Waals surface area (Å²) in [6, 6.07) is 15.0. The van der Waals surface area contributed by atoms with E-state index in [1.54, 1.807) is 42.5 Å². The summed E-state index contributed by atoms with van der Waals surface area (Å²) in [7, 11) is 0. The van der Waals surface area contributed by atoms with Crippen LogP contribution in [0.1, 0.15) is 10.4 Å². The molecule has 0 spiro atoms. The van der Waals surface area contributed by atoms with Gasteiger partial charge in [-0.3, -0.25) is 18.9 Å². The number of halogens is 2. The lowest BCUT2D eigenvalue weighted by Crippen LogP contribution is -2.48. The molecule has 0 saturated carbocycles. The number of carbonyl (C=O) groups excluding carboxylic acids is 1. The van der Waals surface area contributed by atoms with Crippen LogP contribution in [0.15, 0.2) is 65.6 Å². The second-order valence-electron chi connectivity index (χ2n) is 8.26. The van der Waals surface area contributed by atoms with Crippen LogP contribution in [0.3, 0.4) is 0 Å². The minimum atomic E-state index is -0.255. The molecule has 1 aliphatic rings. The molecule has 3 heterocycles. The van der Waals surface area contributed by atoms with E-state index in [2.05, 4.69) is 15.2 Å². The normalized spacial score (nSPS) is 14.6. The fourth-order valence-corrected chi connectivity index (χ4v) is 4.43. The van der Waals surface area contributed by atoms with Gasteiger partial charge in [0.1, 0.15) is 11.5 Å². The van der Waals surface area contributed by atoms with Gasteiger partial charge in [-0.05, 0) is 42.5 Å². The highest BCUT2D eigenvalue weighted by molar-refractivity contribution is 6.31. The maximum absolute atomic E-state index is 14.0. The van der Waals surface area contributed by atoms with Gasteiger partial charge in [-0.1, -0.05) is 23.7 Å². The lowest BCUT2D eigenvalue weighted by molar-refractivity contribution is 0.0947. The predicted molar refractivity (Wildman–Crippen MR) is 131 cm³/mol. The average Bonchev–Trinajstić information content (AvgIpc) is 2.84. The summed E-state index contributed by atoms with van der Waals surface area (Å²) in [5, 5.41) is 3.87. The first-order valence-corrected chi connectivity index (χ1v) is 11.5. The minimum Gasteiger partial charge on any atom is -0.367 e. The highest BCUT2D eigenvalue weighted by atomic mass is 35.5. The molecular weight excluding hydrogens is 457 g/mol. The summed E-state index contributed by atoms with van der Waals surface area (Å²) in [5.41, 5.74) is 1.73. The second kappa shape index (κ2) is 9.40. The van der Waals surface area contributed by atoms with E-state index in [1.165, 1.54) is 16.7 Å². The fourth-order valence-electron chi connectivity index (χ4n) is 4.26. The van der Waals surface area contributed by atoms with E-state index >= 15 is 0 Å². The highest BCUT2D eigenvalue weighted by Crippen LogP contribution is 2.20. The molecule has 0 unspecified atom stereocenters. The second-order valence-corrected chi connectivity index (χ2v) is 8.70. The molecule has 0 bridgehead atoms. The van der Waals surface area contributed by atoms with E-state index in [4.69, 9.17) is 11.6 Å². The number of nitrogens with one attached hydrogen (secondary N) is 1. The van der Waals surface area contributed by atoms with Crippen LogP contribution in [0, 0.1) is 5.82 Å². The Morgan fingerprint density at radius 3 is 2.65 bits per heavy atom. The van der Waals surface area contributed by atoms with Gasteiger partial charge >= 0.3 is 0 Å². The van der Waals surface area contributed by atoms with Gasteiger partial charge in [0.25, 0.3) is 11.5 Å². The van der Waals surface area contributed by atoms with Crippen molar-refractivity contribution in [1.29, 1.82) is 0 Å². The summed E-state index contributed by atoms with van der Waals surface area (Å²) < 4.78 is 15.4. The number of pyridine rings is 1. The number of rotatable bonds is 5. The Balaban J connectivity index is 1.20. The van der Waals surface area contributed by atoms with Gasteiger partial charge < -0.3 is 10.2 Å². The van der Waals surface area contributed by atoms with E-state index in [9.17, 15) is 14.0 Å². The quantitative estimate of drug-likeness (QED) is 0.445. The maximum Gasteiger partial charge on any atom is 0.265 e. The molecule has 1 N–H and O–H groups in total. The molecule has 4 aromatic rings. The average molecular weight is 480 g/mol. The Kier molecular flexibility index (Phi) is 6.17. The van der Waals surface area contributed by atoms with Gasteiger partial charge in [-0.25, -0.2) is 9.37 Å². The van der Waals surface area contributed by atoms with Crippen LogP contribution in [-0.4, -0.2) is 59.5 Å². The number of carbonyl (C=O) groups is 1. The molecule has 0 aliphatic carbocycles. The van der Waals surface area contributed by atoms with Crippen LogP contribution >= 0.6 is 11.6 Å². The number of benzene rings is 2. The molecule has 0 radical (unpaired) electrons. The molecule has 1 fully saturated rings. The molecule has 0 atom stereocenters. The Hall–Kier alpha value is -3.49. The molecule has 9 heteroatoms. The molecule has 2 aromatic heterocycles. The number of piperazine rings is 1. The van der Waals surface area contributed by atoms with Crippen LogP contribution in [0.25, 0.3) is 16.6 Å². The zero-order valence-corrected chi connectivity index (χ0v) is 19.1. The van der Waals surface area contributed by atoms with Crippen molar-refractivity contribution < 1.29 is 9.18 Å². The van der Waals surface area contributed by atoms with Gasteiger partial charge in [0, 0.05) is 50.5 Å². The number of amides is 1. The lowest BCUT2D eigenvalue weighted by atomic mass is 10.2. The Labute approximate surface area is 200 Å². The van der Waals surface area contributed by atoms with E-state index in [0.29, 0.717) is 45.9 Å². The Bertz CT molecular complexity index is 1430. The van der Waals surface area contributed by atoms with Crippen molar-refractivity contribution in [1.82, 2.24) is 19.6 Å². The number of hydrogen-bond acceptors (Lipinski definition) is 5. The summed E-state index contributed by atoms with van der Waals surface area (Å²) in [6.07, 6.45) is 1.52. The van der Waals surface area contributed by atoms with E-state index in [1.807, 2.05) is 11.0 Å². The van der Waals surface area contributed by atoms with Crippen molar-refractivity contribution in [3.63, 3.8) is 0 Å². The molecule has 7 nitrogen and oxygen atoms in total. The first-order valence-electron chi connectivity index (χ1n) is 11.1. The smallest absolute Gasteiger partial charge is 0.265 e. The molecule has 1 amide bonds. The Morgan fingerprint density at radius 1 is 1.06 bits per heavy atom. The number of nitrogens with zero attached hydrogens (tertiary/aromatic N) is 4. The SMILES string of the molecule is O=C(NCCN1CCN(c2ccccc2F)CC1)c1ccc2nc3cc(Cl)ccc3c(=O)n2c1. The van der Waals surface area contributed by atoms with E-state index < -0.39 is 0 Å². The molecular formula is C25H23ClFN5O2. The topological polar surface area (TPSA) is 70.0 Å². The van der Waals surface area contributed by atoms with Crippen LogP contribution in [0.4, 0.5) is 10.1 Å². The van der Waals surface area contributed by atoms with Gasteiger partial charge in [0.05, 0.1) is 22.2 Å². The lowest BCUT2D eigenvalue weighted by Gasteiger charge is -2.36. The molecule has 5 rings (SSSR count). The number of para-hydroxylation sites is 1. The fraction of sp³-hybridized carbons (Fsp3) is 0.240. The maximum atomic E-state index is 14.0. The number of aromatic nitrogens is 2. The monoisotopic (exact) mass is 479 g/mol. The van der Waals surface area contributed by atoms with Crippen LogP contribution in [0.5, 0.6) is 0 Å². The van der Waals surface area contributed by atoms with E-state index in [0.717, 1.165) is 26.2 Å². The summed E-state index contributed by atoms with van der Waals surface area (Å²) in [4.78, 5) is 34.3. The largest absolute Gasteiger partial charge is 0.367 e. The number of fused-ring (bicyclic) bond motifs is 2. The third kappa shape index (κ3) is 4.47. The molecule has 1 aliphatic heterocycles. The van der Waals surface area contributed by atoms with E-state index in [-0.39, 0.29) is 17.3 Å². The highest BCUT2D eigenvalue weighted by Gasteiger charge is 2.19. The van der Waals surface area contributed by atoms with Crippen molar-refractivity contribution in [2.45, 2.75) is 0 Å². The molecule has 1 saturated heterocycles. The molecule has 34 heavy (non-hydrogen) atoms. The van der Waals surface area contributed by atoms with Crippen LogP contribution in [0.2, 0.25) is 5.02 Å². The standard InChI is InChI=1S/C25H23ClFN5O2/c26-18-6-7-19-21(15-18)29-23-8-5-17(16-32(23)25(19)34)24(33)28-9-10-30-11-13-31(14-12-30)22-4-2-1-3-20(22)27/h1-8,15-16H,9-14H2,(H,28,33). The van der Waals surface area contributed by atoms with Gasteiger partial charge in [0.2, 0.25) is 0 Å². The van der Waals surface area contributed by atoms with Gasteiger partial charge in [-0.15, -0.1) is 0 Å². The predicted octanol–water partition coefficient (Wildman–Crippen LogP) is 3.19. The van der Waals surface area contributed by atoms with Crippen molar-refractivity contribution in [3.05, 3.63) is 87.6 Å². The zero-order valence-electron chi connectivity index (χ0n) is 18.4. The van der Waals surface area contributed by atoms with Gasteiger partial charge in [-0.2, -0.15) is 0 Å². The molecule has 174 valence electrons. The third-order valence-corrected chi connectivity index (χ3v) is 6.35. The van der Waals surface area contributed by atoms with Crippen LogP contribution < -0.4 is 15.8 Å².